The van der Waals surface area contributed by atoms with E-state index in [1.165, 1.54) is 6.07 Å². The van der Waals surface area contributed by atoms with Gasteiger partial charge in [-0.3, -0.25) is 19.7 Å². The highest BCUT2D eigenvalue weighted by Crippen LogP contribution is 2.38. The van der Waals surface area contributed by atoms with E-state index in [2.05, 4.69) is 5.32 Å². The van der Waals surface area contributed by atoms with E-state index in [-0.39, 0.29) is 23.5 Å². The van der Waals surface area contributed by atoms with Crippen LogP contribution >= 0.6 is 0 Å². The molecule has 1 amide bonds. The number of aryl methyl sites for hydroxylation is 1. The van der Waals surface area contributed by atoms with E-state index in [0.29, 0.717) is 56.8 Å². The fourth-order valence-electron chi connectivity index (χ4n) is 3.42. The second kappa shape index (κ2) is 7.08. The van der Waals surface area contributed by atoms with E-state index in [1.807, 2.05) is 4.90 Å². The Hall–Kier alpha value is -2.64. The number of hydrogen-bond donors (Lipinski definition) is 1. The average Bonchev–Trinajstić information content (AvgIpc) is 2.61. The summed E-state index contributed by atoms with van der Waals surface area (Å²) in [5, 5.41) is 14.2. The number of rotatable bonds is 4. The van der Waals surface area contributed by atoms with Crippen LogP contribution in [0.25, 0.3) is 0 Å². The van der Waals surface area contributed by atoms with E-state index in [1.54, 1.807) is 13.0 Å². The Morgan fingerprint density at radius 1 is 1.36 bits per heavy atom. The van der Waals surface area contributed by atoms with Crippen molar-refractivity contribution in [2.45, 2.75) is 32.6 Å². The van der Waals surface area contributed by atoms with Crippen molar-refractivity contribution < 1.29 is 19.2 Å². The first-order chi connectivity index (χ1) is 12.0. The first-order valence-corrected chi connectivity index (χ1v) is 8.52. The molecular weight excluding hydrogens is 326 g/mol. The maximum atomic E-state index is 11.8. The molecule has 2 heterocycles. The van der Waals surface area contributed by atoms with Gasteiger partial charge in [-0.1, -0.05) is 0 Å². The first kappa shape index (κ1) is 17.2. The van der Waals surface area contributed by atoms with E-state index < -0.39 is 4.92 Å². The van der Waals surface area contributed by atoms with Crippen LogP contribution in [-0.2, 0) is 20.7 Å². The smallest absolute Gasteiger partial charge is 0.309 e. The van der Waals surface area contributed by atoms with Crippen LogP contribution in [0.15, 0.2) is 12.1 Å². The van der Waals surface area contributed by atoms with Gasteiger partial charge in [0.1, 0.15) is 5.69 Å². The van der Waals surface area contributed by atoms with Crippen LogP contribution in [0.3, 0.4) is 0 Å². The predicted molar refractivity (Wildman–Crippen MR) is 91.6 cm³/mol. The molecule has 1 fully saturated rings. The summed E-state index contributed by atoms with van der Waals surface area (Å²) in [6.45, 7) is 3.27. The van der Waals surface area contributed by atoms with Gasteiger partial charge in [-0.25, -0.2) is 0 Å². The van der Waals surface area contributed by atoms with Gasteiger partial charge in [-0.05, 0) is 37.8 Å². The number of nitrogens with one attached hydrogen (secondary N) is 1. The zero-order valence-corrected chi connectivity index (χ0v) is 14.1. The van der Waals surface area contributed by atoms with Gasteiger partial charge < -0.3 is 15.0 Å². The summed E-state index contributed by atoms with van der Waals surface area (Å²) < 4.78 is 5.06. The van der Waals surface area contributed by atoms with E-state index in [0.717, 1.165) is 5.56 Å². The molecule has 0 bridgehead atoms. The van der Waals surface area contributed by atoms with E-state index in [4.69, 9.17) is 4.74 Å². The largest absolute Gasteiger partial charge is 0.466 e. The Morgan fingerprint density at radius 2 is 2.08 bits per heavy atom. The van der Waals surface area contributed by atoms with Crippen molar-refractivity contribution in [3.8, 4) is 0 Å². The molecular formula is C17H21N3O5. The number of anilines is 2. The average molecular weight is 347 g/mol. The van der Waals surface area contributed by atoms with Crippen LogP contribution in [0.5, 0.6) is 0 Å². The van der Waals surface area contributed by atoms with Gasteiger partial charge in [0.05, 0.1) is 23.1 Å². The highest BCUT2D eigenvalue weighted by molar-refractivity contribution is 5.95. The van der Waals surface area contributed by atoms with E-state index in [9.17, 15) is 19.7 Å². The molecule has 1 aromatic rings. The number of nitro groups is 1. The molecule has 0 spiro atoms. The van der Waals surface area contributed by atoms with Gasteiger partial charge in [0.25, 0.3) is 5.69 Å². The molecule has 8 heteroatoms. The van der Waals surface area contributed by atoms with Crippen LogP contribution in [0.1, 0.15) is 31.7 Å². The zero-order valence-electron chi connectivity index (χ0n) is 14.1. The van der Waals surface area contributed by atoms with Gasteiger partial charge >= 0.3 is 5.97 Å². The second-order valence-corrected chi connectivity index (χ2v) is 6.32. The van der Waals surface area contributed by atoms with Gasteiger partial charge in [-0.15, -0.1) is 0 Å². The fraction of sp³-hybridized carbons (Fsp3) is 0.529. The van der Waals surface area contributed by atoms with Crippen LogP contribution in [0.4, 0.5) is 17.1 Å². The third-order valence-corrected chi connectivity index (χ3v) is 4.75. The monoisotopic (exact) mass is 347 g/mol. The number of amides is 1. The number of benzene rings is 1. The number of carbonyl (C=O) groups is 2. The molecule has 1 aromatic carbocycles. The quantitative estimate of drug-likeness (QED) is 0.509. The van der Waals surface area contributed by atoms with Crippen molar-refractivity contribution in [3.05, 3.63) is 27.8 Å². The molecule has 0 atom stereocenters. The first-order valence-electron chi connectivity index (χ1n) is 8.52. The lowest BCUT2D eigenvalue weighted by atomic mass is 9.95. The summed E-state index contributed by atoms with van der Waals surface area (Å²) in [4.78, 5) is 36.4. The van der Waals surface area contributed by atoms with Crippen LogP contribution < -0.4 is 10.2 Å². The number of ether oxygens (including phenoxy) is 1. The molecule has 0 saturated carbocycles. The third kappa shape index (κ3) is 3.57. The number of piperidine rings is 1. The van der Waals surface area contributed by atoms with E-state index >= 15 is 0 Å². The minimum absolute atomic E-state index is 0.0180. The molecule has 2 aliphatic heterocycles. The normalized spacial score (nSPS) is 17.6. The molecule has 0 radical (unpaired) electrons. The van der Waals surface area contributed by atoms with Crippen molar-refractivity contribution in [1.82, 2.24) is 0 Å². The standard InChI is InChI=1S/C17H21N3O5/c1-2-25-17(22)11-5-7-19(8-6-11)14-9-12-3-4-16(21)18-13(12)10-15(14)20(23)24/h9-11H,2-8H2,1H3,(H,18,21). The van der Waals surface area contributed by atoms with Gasteiger partial charge in [0.2, 0.25) is 5.91 Å². The molecule has 25 heavy (non-hydrogen) atoms. The van der Waals surface area contributed by atoms with Gasteiger partial charge in [-0.2, -0.15) is 0 Å². The number of fused-ring (bicyclic) bond motifs is 1. The van der Waals surface area contributed by atoms with Crippen molar-refractivity contribution in [2.75, 3.05) is 29.9 Å². The molecule has 0 aromatic heterocycles. The van der Waals surface area contributed by atoms with Crippen LogP contribution in [0, 0.1) is 16.0 Å². The minimum Gasteiger partial charge on any atom is -0.466 e. The molecule has 2 aliphatic rings. The molecule has 134 valence electrons. The van der Waals surface area contributed by atoms with Crippen molar-refractivity contribution >= 4 is 28.9 Å². The lowest BCUT2D eigenvalue weighted by Gasteiger charge is -2.33. The van der Waals surface area contributed by atoms with Crippen LogP contribution in [-0.4, -0.2) is 36.5 Å². The summed E-state index contributed by atoms with van der Waals surface area (Å²) in [5.41, 5.74) is 1.97. The van der Waals surface area contributed by atoms with Crippen LogP contribution in [0.2, 0.25) is 0 Å². The lowest BCUT2D eigenvalue weighted by molar-refractivity contribution is -0.384. The summed E-state index contributed by atoms with van der Waals surface area (Å²) in [6, 6.07) is 3.25. The number of esters is 1. The lowest BCUT2D eigenvalue weighted by Crippen LogP contribution is -2.37. The Kier molecular flexibility index (Phi) is 4.87. The molecule has 1 N–H and O–H groups in total. The third-order valence-electron chi connectivity index (χ3n) is 4.75. The molecule has 0 unspecified atom stereocenters. The molecule has 3 rings (SSSR count). The summed E-state index contributed by atoms with van der Waals surface area (Å²) >= 11 is 0. The number of hydrogen-bond acceptors (Lipinski definition) is 6. The van der Waals surface area contributed by atoms with Crippen molar-refractivity contribution in [1.29, 1.82) is 0 Å². The number of carbonyl (C=O) groups excluding carboxylic acids is 2. The second-order valence-electron chi connectivity index (χ2n) is 6.32. The maximum absolute atomic E-state index is 11.8. The number of nitro benzene ring substituents is 1. The predicted octanol–water partition coefficient (Wildman–Crippen LogP) is 2.26. The topological polar surface area (TPSA) is 102 Å². The molecule has 8 nitrogen and oxygen atoms in total. The maximum Gasteiger partial charge on any atom is 0.309 e. The molecule has 0 aliphatic carbocycles. The number of nitrogens with zero attached hydrogens (tertiary/aromatic N) is 2. The Bertz CT molecular complexity index is 710. The van der Waals surface area contributed by atoms with Gasteiger partial charge in [0.15, 0.2) is 0 Å². The Morgan fingerprint density at radius 3 is 2.72 bits per heavy atom. The summed E-state index contributed by atoms with van der Waals surface area (Å²) in [7, 11) is 0. The summed E-state index contributed by atoms with van der Waals surface area (Å²) in [5.74, 6) is -0.457. The van der Waals surface area contributed by atoms with Crippen molar-refractivity contribution in [3.63, 3.8) is 0 Å². The SMILES string of the molecule is CCOC(=O)C1CCN(c2cc3c(cc2[N+](=O)[O-])NC(=O)CC3)CC1. The highest BCUT2D eigenvalue weighted by Gasteiger charge is 2.30. The zero-order chi connectivity index (χ0) is 18.0. The Labute approximate surface area is 145 Å². The highest BCUT2D eigenvalue weighted by atomic mass is 16.6. The van der Waals surface area contributed by atoms with Crippen molar-refractivity contribution in [2.24, 2.45) is 5.92 Å². The Balaban J connectivity index is 1.81. The summed E-state index contributed by atoms with van der Waals surface area (Å²) in [6.07, 6.45) is 2.19. The minimum atomic E-state index is -0.423. The van der Waals surface area contributed by atoms with Gasteiger partial charge in [0, 0.05) is 25.6 Å². The molecule has 1 saturated heterocycles. The fourth-order valence-corrected chi connectivity index (χ4v) is 3.42.